The Morgan fingerprint density at radius 1 is 1.46 bits per heavy atom. The first-order valence-corrected chi connectivity index (χ1v) is 4.65. The van der Waals surface area contributed by atoms with Crippen LogP contribution in [0.15, 0.2) is 11.6 Å². The largest absolute Gasteiger partial charge is 0.455 e. The molecule has 0 bridgehead atoms. The number of carbonyl (C=O) groups excluding carboxylic acids is 1. The average Bonchev–Trinajstić information content (AvgIpc) is 1.79. The van der Waals surface area contributed by atoms with Gasteiger partial charge >= 0.3 is 5.97 Å². The van der Waals surface area contributed by atoms with Crippen LogP contribution in [0.1, 0.15) is 41.0 Å². The Balaban J connectivity index is 2.97. The van der Waals surface area contributed by atoms with Crippen molar-refractivity contribution in [1.82, 2.24) is 0 Å². The summed E-state index contributed by atoms with van der Waals surface area (Å²) in [5, 5.41) is 0. The van der Waals surface area contributed by atoms with Gasteiger partial charge in [0.2, 0.25) is 0 Å². The topological polar surface area (TPSA) is 26.3 Å². The molecule has 0 saturated carbocycles. The highest BCUT2D eigenvalue weighted by atomic mass is 16.6. The molecule has 0 aromatic rings. The lowest BCUT2D eigenvalue weighted by atomic mass is 9.73. The molecule has 0 saturated heterocycles. The van der Waals surface area contributed by atoms with Crippen molar-refractivity contribution in [3.63, 3.8) is 0 Å². The van der Waals surface area contributed by atoms with Crippen molar-refractivity contribution in [1.29, 1.82) is 0 Å². The highest BCUT2D eigenvalue weighted by molar-refractivity contribution is 5.84. The number of ether oxygens (including phenoxy) is 1. The van der Waals surface area contributed by atoms with E-state index in [1.165, 1.54) is 0 Å². The molecule has 1 aliphatic heterocycles. The Hall–Kier alpha value is -0.790. The highest BCUT2D eigenvalue weighted by Crippen LogP contribution is 2.40. The maximum Gasteiger partial charge on any atom is 0.331 e. The van der Waals surface area contributed by atoms with E-state index in [1.807, 2.05) is 13.8 Å². The van der Waals surface area contributed by atoms with E-state index in [1.54, 1.807) is 6.08 Å². The predicted molar refractivity (Wildman–Crippen MR) is 52.3 cm³/mol. The normalized spacial score (nSPS) is 29.6. The smallest absolute Gasteiger partial charge is 0.331 e. The van der Waals surface area contributed by atoms with E-state index < -0.39 is 0 Å². The minimum absolute atomic E-state index is 0.0157. The Kier molecular flexibility index (Phi) is 2.27. The van der Waals surface area contributed by atoms with Crippen LogP contribution in [-0.4, -0.2) is 11.6 Å². The number of rotatable bonds is 0. The third-order valence-corrected chi connectivity index (χ3v) is 2.89. The molecular weight excluding hydrogens is 164 g/mol. The zero-order valence-corrected chi connectivity index (χ0v) is 9.10. The molecule has 0 N–H and O–H groups in total. The molecule has 0 spiro atoms. The average molecular weight is 182 g/mol. The summed E-state index contributed by atoms with van der Waals surface area (Å²) >= 11 is 0. The van der Waals surface area contributed by atoms with Gasteiger partial charge in [-0.15, -0.1) is 0 Å². The second-order valence-corrected chi connectivity index (χ2v) is 5.07. The van der Waals surface area contributed by atoms with Gasteiger partial charge < -0.3 is 4.74 Å². The van der Waals surface area contributed by atoms with Crippen LogP contribution in [-0.2, 0) is 9.53 Å². The van der Waals surface area contributed by atoms with E-state index >= 15 is 0 Å². The maximum absolute atomic E-state index is 11.2. The molecule has 0 amide bonds. The molecule has 0 fully saturated rings. The Morgan fingerprint density at radius 3 is 2.38 bits per heavy atom. The summed E-state index contributed by atoms with van der Waals surface area (Å²) in [7, 11) is 0. The first-order valence-electron chi connectivity index (χ1n) is 4.65. The fraction of sp³-hybridized carbons (Fsp3) is 0.727. The number of esters is 1. The summed E-state index contributed by atoms with van der Waals surface area (Å²) in [4.78, 5) is 11.2. The second kappa shape index (κ2) is 2.86. The van der Waals surface area contributed by atoms with Crippen LogP contribution in [0.4, 0.5) is 0 Å². The molecular formula is C11H18O2. The number of cyclic esters (lactones) is 1. The monoisotopic (exact) mass is 182 g/mol. The zero-order valence-electron chi connectivity index (χ0n) is 9.10. The summed E-state index contributed by atoms with van der Waals surface area (Å²) in [6.07, 6.45) is 2.41. The van der Waals surface area contributed by atoms with Gasteiger partial charge in [0, 0.05) is 17.9 Å². The van der Waals surface area contributed by atoms with Crippen molar-refractivity contribution < 1.29 is 9.53 Å². The van der Waals surface area contributed by atoms with Crippen molar-refractivity contribution in [2.75, 3.05) is 0 Å². The first-order chi connectivity index (χ1) is 5.74. The molecule has 2 nitrogen and oxygen atoms in total. The van der Waals surface area contributed by atoms with Gasteiger partial charge in [-0.25, -0.2) is 4.79 Å². The van der Waals surface area contributed by atoms with Gasteiger partial charge in [-0.3, -0.25) is 0 Å². The fourth-order valence-electron chi connectivity index (χ4n) is 1.49. The predicted octanol–water partition coefficient (Wildman–Crippen LogP) is 2.68. The lowest BCUT2D eigenvalue weighted by molar-refractivity contribution is -0.166. The van der Waals surface area contributed by atoms with Crippen LogP contribution >= 0.6 is 0 Å². The molecule has 1 rings (SSSR count). The quantitative estimate of drug-likeness (QED) is 0.538. The van der Waals surface area contributed by atoms with E-state index in [9.17, 15) is 4.79 Å². The molecule has 0 radical (unpaired) electrons. The van der Waals surface area contributed by atoms with Gasteiger partial charge in [-0.2, -0.15) is 0 Å². The molecule has 1 aliphatic rings. The Bertz CT molecular complexity index is 258. The van der Waals surface area contributed by atoms with Gasteiger partial charge in [-0.1, -0.05) is 26.3 Å². The standard InChI is InChI=1S/C11H18O2/c1-8-6-9(12)13-11(5,7-8)10(2,3)4/h6H,7H2,1-5H3. The third kappa shape index (κ3) is 1.93. The van der Waals surface area contributed by atoms with Crippen molar-refractivity contribution >= 4 is 5.97 Å². The molecule has 1 atom stereocenters. The first kappa shape index (κ1) is 10.3. The lowest BCUT2D eigenvalue weighted by Crippen LogP contribution is -2.46. The number of carbonyl (C=O) groups is 1. The summed E-state index contributed by atoms with van der Waals surface area (Å²) < 4.78 is 5.39. The summed E-state index contributed by atoms with van der Waals surface area (Å²) in [5.74, 6) is -0.207. The number of hydrogen-bond donors (Lipinski definition) is 0. The molecule has 1 heterocycles. The van der Waals surface area contributed by atoms with Gasteiger partial charge in [0.1, 0.15) is 5.60 Å². The van der Waals surface area contributed by atoms with E-state index in [0.717, 1.165) is 12.0 Å². The molecule has 2 heteroatoms. The molecule has 1 unspecified atom stereocenters. The summed E-state index contributed by atoms with van der Waals surface area (Å²) in [6, 6.07) is 0. The van der Waals surface area contributed by atoms with Crippen LogP contribution < -0.4 is 0 Å². The minimum atomic E-state index is -0.358. The molecule has 0 aromatic heterocycles. The van der Waals surface area contributed by atoms with Crippen molar-refractivity contribution in [3.05, 3.63) is 11.6 Å². The summed E-state index contributed by atoms with van der Waals surface area (Å²) in [6.45, 7) is 10.3. The van der Waals surface area contributed by atoms with Gasteiger partial charge in [0.15, 0.2) is 0 Å². The van der Waals surface area contributed by atoms with Crippen LogP contribution in [0.5, 0.6) is 0 Å². The molecule has 0 aliphatic carbocycles. The van der Waals surface area contributed by atoms with Gasteiger partial charge in [-0.05, 0) is 13.8 Å². The second-order valence-electron chi connectivity index (χ2n) is 5.07. The van der Waals surface area contributed by atoms with Gasteiger partial charge in [0.25, 0.3) is 0 Å². The Morgan fingerprint density at radius 2 is 2.00 bits per heavy atom. The molecule has 13 heavy (non-hydrogen) atoms. The molecule has 74 valence electrons. The van der Waals surface area contributed by atoms with E-state index in [4.69, 9.17) is 4.74 Å². The van der Waals surface area contributed by atoms with E-state index in [0.29, 0.717) is 0 Å². The van der Waals surface area contributed by atoms with Crippen molar-refractivity contribution in [2.45, 2.75) is 46.6 Å². The van der Waals surface area contributed by atoms with Crippen LogP contribution in [0, 0.1) is 5.41 Å². The van der Waals surface area contributed by atoms with Crippen LogP contribution in [0.25, 0.3) is 0 Å². The van der Waals surface area contributed by atoms with E-state index in [2.05, 4.69) is 20.8 Å². The van der Waals surface area contributed by atoms with Gasteiger partial charge in [0.05, 0.1) is 0 Å². The SMILES string of the molecule is CC1=CC(=O)OC(C)(C(C)(C)C)C1. The lowest BCUT2D eigenvalue weighted by Gasteiger charge is -2.43. The van der Waals surface area contributed by atoms with Crippen molar-refractivity contribution in [3.8, 4) is 0 Å². The van der Waals surface area contributed by atoms with E-state index in [-0.39, 0.29) is 17.0 Å². The highest BCUT2D eigenvalue weighted by Gasteiger charge is 2.42. The minimum Gasteiger partial charge on any atom is -0.455 e. The van der Waals surface area contributed by atoms with Crippen LogP contribution in [0.2, 0.25) is 0 Å². The number of hydrogen-bond acceptors (Lipinski definition) is 2. The fourth-order valence-corrected chi connectivity index (χ4v) is 1.49. The van der Waals surface area contributed by atoms with Crippen LogP contribution in [0.3, 0.4) is 0 Å². The zero-order chi connectivity index (χ0) is 10.3. The summed E-state index contributed by atoms with van der Waals surface area (Å²) in [5.41, 5.74) is 0.731. The molecule has 0 aromatic carbocycles. The third-order valence-electron chi connectivity index (χ3n) is 2.89. The maximum atomic E-state index is 11.2. The van der Waals surface area contributed by atoms with Crippen molar-refractivity contribution in [2.24, 2.45) is 5.41 Å². The Labute approximate surface area is 80.0 Å².